The number of ether oxygens (including phenoxy) is 1. The first-order chi connectivity index (χ1) is 14.8. The van der Waals surface area contributed by atoms with Gasteiger partial charge in [0.05, 0.1) is 11.6 Å². The Kier molecular flexibility index (Phi) is 5.75. The van der Waals surface area contributed by atoms with Crippen molar-refractivity contribution in [3.05, 3.63) is 71.7 Å². The van der Waals surface area contributed by atoms with Crippen molar-refractivity contribution in [2.45, 2.75) is 44.3 Å². The van der Waals surface area contributed by atoms with E-state index in [1.54, 1.807) is 24.3 Å². The molecule has 4 rings (SSSR count). The third-order valence-corrected chi connectivity index (χ3v) is 5.30. The second kappa shape index (κ2) is 8.49. The molecule has 31 heavy (non-hydrogen) atoms. The predicted molar refractivity (Wildman–Crippen MR) is 103 cm³/mol. The van der Waals surface area contributed by atoms with Gasteiger partial charge >= 0.3 is 5.97 Å². The monoisotopic (exact) mass is 433 g/mol. The van der Waals surface area contributed by atoms with Gasteiger partial charge in [-0.25, -0.2) is 13.6 Å². The fourth-order valence-electron chi connectivity index (χ4n) is 3.61. The Morgan fingerprint density at radius 3 is 2.48 bits per heavy atom. The van der Waals surface area contributed by atoms with Crippen LogP contribution in [0.5, 0.6) is 0 Å². The van der Waals surface area contributed by atoms with Gasteiger partial charge in [-0.05, 0) is 30.5 Å². The first-order valence-electron chi connectivity index (χ1n) is 9.83. The van der Waals surface area contributed by atoms with E-state index in [2.05, 4.69) is 10.1 Å². The molecule has 2 aromatic heterocycles. The summed E-state index contributed by atoms with van der Waals surface area (Å²) in [4.78, 5) is 15.9. The number of nitrogens with zero attached hydrogens (tertiary/aromatic N) is 3. The number of esters is 1. The lowest BCUT2D eigenvalue weighted by atomic mass is 9.92. The fraction of sp³-hybridized carbons (Fsp3) is 0.318. The minimum atomic E-state index is -2.73. The Balaban J connectivity index is 1.65. The summed E-state index contributed by atoms with van der Waals surface area (Å²) in [7, 11) is 0. The van der Waals surface area contributed by atoms with Gasteiger partial charge in [-0.3, -0.25) is 4.68 Å². The lowest BCUT2D eigenvalue weighted by Gasteiger charge is -2.28. The van der Waals surface area contributed by atoms with Crippen LogP contribution in [0.1, 0.15) is 47.6 Å². The molecule has 9 heteroatoms. The molecule has 0 unspecified atom stereocenters. The van der Waals surface area contributed by atoms with Crippen LogP contribution in [-0.2, 0) is 11.3 Å². The summed E-state index contributed by atoms with van der Waals surface area (Å²) >= 11 is 0. The summed E-state index contributed by atoms with van der Waals surface area (Å²) in [5, 5.41) is 4.29. The lowest BCUT2D eigenvalue weighted by molar-refractivity contribution is -0.0449. The van der Waals surface area contributed by atoms with Crippen molar-refractivity contribution in [3.63, 3.8) is 0 Å². The van der Waals surface area contributed by atoms with Crippen molar-refractivity contribution < 1.29 is 27.1 Å². The van der Waals surface area contributed by atoms with Crippen molar-refractivity contribution in [2.75, 3.05) is 0 Å². The molecule has 1 aliphatic carbocycles. The Hall–Kier alpha value is -3.23. The normalized spacial score (nSPS) is 16.3. The van der Waals surface area contributed by atoms with Crippen LogP contribution in [0.3, 0.4) is 0 Å². The number of hydrogen-bond acceptors (Lipinski definition) is 4. The van der Waals surface area contributed by atoms with Gasteiger partial charge in [0.15, 0.2) is 0 Å². The molecular weight excluding hydrogens is 414 g/mol. The molecular formula is C22H19F4N3O2. The molecule has 1 fully saturated rings. The van der Waals surface area contributed by atoms with E-state index in [-0.39, 0.29) is 55.2 Å². The highest BCUT2D eigenvalue weighted by Gasteiger charge is 2.36. The van der Waals surface area contributed by atoms with E-state index in [4.69, 9.17) is 4.74 Å². The molecule has 5 nitrogen and oxygen atoms in total. The van der Waals surface area contributed by atoms with Gasteiger partial charge in [0.25, 0.3) is 0 Å². The van der Waals surface area contributed by atoms with Crippen LogP contribution in [0.15, 0.2) is 48.7 Å². The average molecular weight is 433 g/mol. The SMILES string of the molecule is O=C(OCc1ccccc1)c1cn(C2CCC(F)(F)CC2)nc1-c1ccc(F)nc1F. The number of aromatic nitrogens is 3. The largest absolute Gasteiger partial charge is 0.457 e. The number of benzene rings is 1. The molecule has 1 aromatic carbocycles. The number of rotatable bonds is 5. The van der Waals surface area contributed by atoms with Crippen LogP contribution in [0.4, 0.5) is 17.6 Å². The highest BCUT2D eigenvalue weighted by Crippen LogP contribution is 2.39. The topological polar surface area (TPSA) is 57.0 Å². The maximum atomic E-state index is 14.3. The molecule has 0 bridgehead atoms. The molecule has 0 aliphatic heterocycles. The van der Waals surface area contributed by atoms with E-state index >= 15 is 0 Å². The molecule has 0 atom stereocenters. The lowest BCUT2D eigenvalue weighted by Crippen LogP contribution is -2.26. The zero-order valence-corrected chi connectivity index (χ0v) is 16.4. The first kappa shape index (κ1) is 21.0. The number of carbonyl (C=O) groups is 1. The van der Waals surface area contributed by atoms with Crippen molar-refractivity contribution in [1.82, 2.24) is 14.8 Å². The number of alkyl halides is 2. The van der Waals surface area contributed by atoms with Crippen molar-refractivity contribution in [3.8, 4) is 11.3 Å². The van der Waals surface area contributed by atoms with Gasteiger partial charge in [-0.2, -0.15) is 18.9 Å². The summed E-state index contributed by atoms with van der Waals surface area (Å²) in [6.45, 7) is -0.00983. The number of hydrogen-bond donors (Lipinski definition) is 0. The Morgan fingerprint density at radius 1 is 1.10 bits per heavy atom. The third kappa shape index (κ3) is 4.76. The van der Waals surface area contributed by atoms with Crippen LogP contribution < -0.4 is 0 Å². The molecule has 0 amide bonds. The number of pyridine rings is 1. The van der Waals surface area contributed by atoms with Gasteiger partial charge in [0.2, 0.25) is 17.8 Å². The minimum absolute atomic E-state index is 0.00983. The van der Waals surface area contributed by atoms with Gasteiger partial charge in [0.1, 0.15) is 17.9 Å². The van der Waals surface area contributed by atoms with Crippen LogP contribution in [-0.4, -0.2) is 26.7 Å². The quantitative estimate of drug-likeness (QED) is 0.310. The molecule has 0 spiro atoms. The van der Waals surface area contributed by atoms with Crippen LogP contribution in [0.2, 0.25) is 0 Å². The van der Waals surface area contributed by atoms with E-state index in [1.165, 1.54) is 10.9 Å². The molecule has 0 saturated heterocycles. The first-order valence-corrected chi connectivity index (χ1v) is 9.83. The van der Waals surface area contributed by atoms with Gasteiger partial charge in [-0.15, -0.1) is 0 Å². The summed E-state index contributed by atoms with van der Waals surface area (Å²) in [6, 6.07) is 10.7. The second-order valence-corrected chi connectivity index (χ2v) is 7.49. The summed E-state index contributed by atoms with van der Waals surface area (Å²) < 4.78 is 61.4. The zero-order chi connectivity index (χ0) is 22.0. The highest BCUT2D eigenvalue weighted by molar-refractivity contribution is 5.96. The van der Waals surface area contributed by atoms with E-state index in [1.807, 2.05) is 6.07 Å². The summed E-state index contributed by atoms with van der Waals surface area (Å²) in [5.74, 6) is -5.62. The summed E-state index contributed by atoms with van der Waals surface area (Å²) in [6.07, 6.45) is 1.10. The maximum Gasteiger partial charge on any atom is 0.342 e. The van der Waals surface area contributed by atoms with Gasteiger partial charge in [0, 0.05) is 19.0 Å². The number of halogens is 4. The Morgan fingerprint density at radius 2 is 1.81 bits per heavy atom. The highest BCUT2D eigenvalue weighted by atomic mass is 19.3. The molecule has 0 radical (unpaired) electrons. The fourth-order valence-corrected chi connectivity index (χ4v) is 3.61. The molecule has 1 aliphatic rings. The zero-order valence-electron chi connectivity index (χ0n) is 16.4. The second-order valence-electron chi connectivity index (χ2n) is 7.49. The van der Waals surface area contributed by atoms with Crippen LogP contribution in [0, 0.1) is 11.9 Å². The Bertz CT molecular complexity index is 1080. The standard InChI is InChI=1S/C22H19F4N3O2/c23-18-7-6-16(20(24)27-18)19-17(21(30)31-13-14-4-2-1-3-5-14)12-29(28-19)15-8-10-22(25,26)11-9-15/h1-7,12,15H,8-11,13H2. The number of carbonyl (C=O) groups excluding carboxylic acids is 1. The third-order valence-electron chi connectivity index (χ3n) is 5.30. The molecule has 3 aromatic rings. The van der Waals surface area contributed by atoms with Gasteiger partial charge in [-0.1, -0.05) is 30.3 Å². The molecule has 1 saturated carbocycles. The van der Waals surface area contributed by atoms with E-state index in [0.29, 0.717) is 0 Å². The van der Waals surface area contributed by atoms with E-state index < -0.39 is 23.8 Å². The van der Waals surface area contributed by atoms with Gasteiger partial charge < -0.3 is 4.74 Å². The predicted octanol–water partition coefficient (Wildman–Crippen LogP) is 5.33. The van der Waals surface area contributed by atoms with Crippen molar-refractivity contribution >= 4 is 5.97 Å². The van der Waals surface area contributed by atoms with E-state index in [0.717, 1.165) is 17.7 Å². The van der Waals surface area contributed by atoms with Crippen LogP contribution in [0.25, 0.3) is 11.3 Å². The van der Waals surface area contributed by atoms with Crippen LogP contribution >= 0.6 is 0 Å². The van der Waals surface area contributed by atoms with Crippen molar-refractivity contribution in [1.29, 1.82) is 0 Å². The van der Waals surface area contributed by atoms with Crippen molar-refractivity contribution in [2.24, 2.45) is 0 Å². The molecule has 162 valence electrons. The molecule has 2 heterocycles. The maximum absolute atomic E-state index is 14.3. The average Bonchev–Trinajstić information content (AvgIpc) is 3.18. The van der Waals surface area contributed by atoms with E-state index in [9.17, 15) is 22.4 Å². The molecule has 0 N–H and O–H groups in total. The summed E-state index contributed by atoms with van der Waals surface area (Å²) in [5.41, 5.74) is 0.475. The minimum Gasteiger partial charge on any atom is -0.457 e. The smallest absolute Gasteiger partial charge is 0.342 e. The Labute approximate surface area is 175 Å².